The van der Waals surface area contributed by atoms with E-state index in [0.29, 0.717) is 23.1 Å². The zero-order valence-corrected chi connectivity index (χ0v) is 20.5. The minimum atomic E-state index is -0.363. The van der Waals surface area contributed by atoms with Crippen molar-refractivity contribution in [3.63, 3.8) is 0 Å². The molecule has 2 heterocycles. The number of aromatic nitrogens is 3. The van der Waals surface area contributed by atoms with Gasteiger partial charge in [0.1, 0.15) is 5.75 Å². The summed E-state index contributed by atoms with van der Waals surface area (Å²) in [5.41, 5.74) is 2.13. The van der Waals surface area contributed by atoms with Gasteiger partial charge in [-0.2, -0.15) is 0 Å². The SMILES string of the molecule is CCCCOc1ccc(C(=O)NCC(=O)Nc2nc(-c3ccccc3)c(-c3nccn3C)s2)cc1. The van der Waals surface area contributed by atoms with Gasteiger partial charge in [0.05, 0.1) is 23.7 Å². The highest BCUT2D eigenvalue weighted by atomic mass is 32.1. The lowest BCUT2D eigenvalue weighted by Gasteiger charge is -2.07. The molecule has 180 valence electrons. The Kier molecular flexibility index (Phi) is 7.89. The number of unbranched alkanes of at least 4 members (excludes halogenated alkanes) is 1. The third-order valence-corrected chi connectivity index (χ3v) is 6.20. The zero-order valence-electron chi connectivity index (χ0n) is 19.7. The van der Waals surface area contributed by atoms with E-state index in [-0.39, 0.29) is 18.4 Å². The molecule has 0 saturated carbocycles. The summed E-state index contributed by atoms with van der Waals surface area (Å²) >= 11 is 1.34. The standard InChI is InChI=1S/C26H27N5O3S/c1-3-4-16-34-20-12-10-19(11-13-20)25(33)28-17-21(32)29-26-30-22(18-8-6-5-7-9-18)23(35-26)24-27-14-15-31(24)2/h5-15H,3-4,16-17H2,1-2H3,(H,28,33)(H,29,30,32). The van der Waals surface area contributed by atoms with Gasteiger partial charge in [-0.1, -0.05) is 55.0 Å². The second-order valence-corrected chi connectivity index (χ2v) is 8.88. The normalized spacial score (nSPS) is 10.7. The van der Waals surface area contributed by atoms with Crippen molar-refractivity contribution in [2.45, 2.75) is 19.8 Å². The van der Waals surface area contributed by atoms with Gasteiger partial charge >= 0.3 is 0 Å². The Morgan fingerprint density at radius 2 is 1.86 bits per heavy atom. The van der Waals surface area contributed by atoms with Gasteiger partial charge in [-0.25, -0.2) is 9.97 Å². The van der Waals surface area contributed by atoms with Crippen LogP contribution in [-0.4, -0.2) is 39.5 Å². The molecular formula is C26H27N5O3S. The Balaban J connectivity index is 1.40. The minimum absolute atomic E-state index is 0.175. The van der Waals surface area contributed by atoms with Gasteiger partial charge in [-0.15, -0.1) is 0 Å². The van der Waals surface area contributed by atoms with Gasteiger partial charge in [0, 0.05) is 30.6 Å². The first-order valence-electron chi connectivity index (χ1n) is 11.4. The Labute approximate surface area is 208 Å². The minimum Gasteiger partial charge on any atom is -0.494 e. The Hall–Kier alpha value is -3.98. The lowest BCUT2D eigenvalue weighted by molar-refractivity contribution is -0.115. The number of thiazole rings is 1. The number of carbonyl (C=O) groups is 2. The topological polar surface area (TPSA) is 98.1 Å². The summed E-state index contributed by atoms with van der Waals surface area (Å²) in [6, 6.07) is 16.6. The number of anilines is 1. The fourth-order valence-corrected chi connectivity index (χ4v) is 4.41. The highest BCUT2D eigenvalue weighted by Gasteiger charge is 2.19. The van der Waals surface area contributed by atoms with Crippen LogP contribution in [-0.2, 0) is 11.8 Å². The summed E-state index contributed by atoms with van der Waals surface area (Å²) in [5, 5.41) is 5.88. The summed E-state index contributed by atoms with van der Waals surface area (Å²) in [7, 11) is 1.91. The lowest BCUT2D eigenvalue weighted by atomic mass is 10.1. The maximum Gasteiger partial charge on any atom is 0.251 e. The summed E-state index contributed by atoms with van der Waals surface area (Å²) in [6.07, 6.45) is 5.62. The van der Waals surface area contributed by atoms with E-state index < -0.39 is 0 Å². The van der Waals surface area contributed by atoms with Crippen LogP contribution in [0, 0.1) is 0 Å². The molecule has 0 unspecified atom stereocenters. The van der Waals surface area contributed by atoms with Gasteiger partial charge in [-0.05, 0) is 30.7 Å². The Bertz CT molecular complexity index is 1280. The molecule has 8 nitrogen and oxygen atoms in total. The fourth-order valence-electron chi connectivity index (χ4n) is 3.36. The van der Waals surface area contributed by atoms with Crippen LogP contribution in [0.5, 0.6) is 5.75 Å². The Morgan fingerprint density at radius 3 is 2.54 bits per heavy atom. The number of rotatable bonds is 10. The van der Waals surface area contributed by atoms with Crippen LogP contribution in [0.3, 0.4) is 0 Å². The number of carbonyl (C=O) groups excluding carboxylic acids is 2. The second kappa shape index (κ2) is 11.4. The van der Waals surface area contributed by atoms with Gasteiger partial charge in [0.25, 0.3) is 5.91 Å². The van der Waals surface area contributed by atoms with Crippen LogP contribution >= 0.6 is 11.3 Å². The number of aryl methyl sites for hydroxylation is 1. The van der Waals surface area contributed by atoms with Crippen molar-refractivity contribution in [3.8, 4) is 27.7 Å². The summed E-state index contributed by atoms with van der Waals surface area (Å²) in [6.45, 7) is 2.57. The third-order valence-electron chi connectivity index (χ3n) is 5.24. The van der Waals surface area contributed by atoms with E-state index in [1.807, 2.05) is 48.1 Å². The molecule has 4 rings (SSSR count). The van der Waals surface area contributed by atoms with E-state index in [1.165, 1.54) is 11.3 Å². The van der Waals surface area contributed by atoms with E-state index >= 15 is 0 Å². The monoisotopic (exact) mass is 489 g/mol. The largest absolute Gasteiger partial charge is 0.494 e. The molecule has 35 heavy (non-hydrogen) atoms. The first kappa shape index (κ1) is 24.2. The average molecular weight is 490 g/mol. The first-order chi connectivity index (χ1) is 17.0. The van der Waals surface area contributed by atoms with Gasteiger partial charge in [0.2, 0.25) is 5.91 Å². The molecule has 0 saturated heterocycles. The van der Waals surface area contributed by atoms with Crippen molar-refractivity contribution in [1.29, 1.82) is 0 Å². The quantitative estimate of drug-likeness (QED) is 0.313. The number of ether oxygens (including phenoxy) is 1. The molecule has 2 N–H and O–H groups in total. The number of nitrogens with zero attached hydrogens (tertiary/aromatic N) is 3. The number of hydrogen-bond donors (Lipinski definition) is 2. The maximum atomic E-state index is 12.6. The molecule has 4 aromatic rings. The van der Waals surface area contributed by atoms with Gasteiger partial charge in [-0.3, -0.25) is 9.59 Å². The van der Waals surface area contributed by atoms with Crippen LogP contribution < -0.4 is 15.4 Å². The van der Waals surface area contributed by atoms with Crippen LogP contribution in [0.1, 0.15) is 30.1 Å². The van der Waals surface area contributed by atoms with E-state index in [0.717, 1.165) is 34.8 Å². The predicted molar refractivity (Wildman–Crippen MR) is 138 cm³/mol. The van der Waals surface area contributed by atoms with Crippen LogP contribution in [0.25, 0.3) is 22.0 Å². The molecule has 0 aliphatic rings. The van der Waals surface area contributed by atoms with Crippen LogP contribution in [0.4, 0.5) is 5.13 Å². The molecule has 2 aromatic heterocycles. The maximum absolute atomic E-state index is 12.6. The number of amides is 2. The van der Waals surface area contributed by atoms with E-state index in [1.54, 1.807) is 30.5 Å². The molecule has 2 amide bonds. The Morgan fingerprint density at radius 1 is 1.09 bits per heavy atom. The van der Waals surface area contributed by atoms with Gasteiger partial charge < -0.3 is 19.9 Å². The molecule has 0 fully saturated rings. The van der Waals surface area contributed by atoms with Crippen LogP contribution in [0.15, 0.2) is 67.0 Å². The molecule has 0 atom stereocenters. The van der Waals surface area contributed by atoms with Crippen LogP contribution in [0.2, 0.25) is 0 Å². The molecule has 0 radical (unpaired) electrons. The molecule has 0 spiro atoms. The smallest absolute Gasteiger partial charge is 0.251 e. The molecular weight excluding hydrogens is 462 g/mol. The van der Waals surface area contributed by atoms with E-state index in [2.05, 4.69) is 27.5 Å². The second-order valence-electron chi connectivity index (χ2n) is 7.88. The summed E-state index contributed by atoms with van der Waals surface area (Å²) < 4.78 is 7.52. The van der Waals surface area contributed by atoms with E-state index in [4.69, 9.17) is 4.74 Å². The molecule has 9 heteroatoms. The highest BCUT2D eigenvalue weighted by Crippen LogP contribution is 2.38. The number of nitrogens with one attached hydrogen (secondary N) is 2. The zero-order chi connectivity index (χ0) is 24.6. The van der Waals surface area contributed by atoms with Crippen molar-refractivity contribution >= 4 is 28.3 Å². The van der Waals surface area contributed by atoms with Crippen molar-refractivity contribution in [2.24, 2.45) is 7.05 Å². The summed E-state index contributed by atoms with van der Waals surface area (Å²) in [5.74, 6) is 0.780. The molecule has 2 aromatic carbocycles. The van der Waals surface area contributed by atoms with Crippen molar-refractivity contribution < 1.29 is 14.3 Å². The molecule has 0 aliphatic carbocycles. The molecule has 0 aliphatic heterocycles. The van der Waals surface area contributed by atoms with Crippen molar-refractivity contribution in [3.05, 3.63) is 72.6 Å². The third kappa shape index (κ3) is 6.13. The summed E-state index contributed by atoms with van der Waals surface area (Å²) in [4.78, 5) is 35.0. The molecule has 0 bridgehead atoms. The van der Waals surface area contributed by atoms with E-state index in [9.17, 15) is 9.59 Å². The highest BCUT2D eigenvalue weighted by molar-refractivity contribution is 7.19. The number of benzene rings is 2. The van der Waals surface area contributed by atoms with Crippen molar-refractivity contribution in [1.82, 2.24) is 19.9 Å². The van der Waals surface area contributed by atoms with Crippen molar-refractivity contribution in [2.75, 3.05) is 18.5 Å². The lowest BCUT2D eigenvalue weighted by Crippen LogP contribution is -2.32. The van der Waals surface area contributed by atoms with Gasteiger partial charge in [0.15, 0.2) is 11.0 Å². The first-order valence-corrected chi connectivity index (χ1v) is 12.2. The number of imidazole rings is 1. The number of hydrogen-bond acceptors (Lipinski definition) is 6. The average Bonchev–Trinajstić information content (AvgIpc) is 3.49. The predicted octanol–water partition coefficient (Wildman–Crippen LogP) is 4.76. The fraction of sp³-hybridized carbons (Fsp3) is 0.231.